The van der Waals surface area contributed by atoms with Crippen LogP contribution < -0.4 is 5.32 Å². The van der Waals surface area contributed by atoms with Crippen molar-refractivity contribution in [1.29, 1.82) is 5.26 Å². The third kappa shape index (κ3) is 4.93. The maximum Gasteiger partial charge on any atom is 0.416 e. The standard InChI is InChI=1S/C16H12F3N3O2S/c1-9-5-13(23)22-15(12(9)7-20)25-8-14(24)21-11-4-2-3-10(6-11)16(17,18)19/h2-6,12H,8H2,1H3,(H,21,24). The molecule has 9 heteroatoms. The fourth-order valence-electron chi connectivity index (χ4n) is 2.06. The number of alkyl halides is 3. The minimum Gasteiger partial charge on any atom is -0.325 e. The average molecular weight is 367 g/mol. The number of carbonyl (C=O) groups excluding carboxylic acids is 2. The van der Waals surface area contributed by atoms with Crippen LogP contribution in [0.1, 0.15) is 12.5 Å². The van der Waals surface area contributed by atoms with Crippen molar-refractivity contribution >= 4 is 34.3 Å². The van der Waals surface area contributed by atoms with Crippen molar-refractivity contribution < 1.29 is 22.8 Å². The third-order valence-electron chi connectivity index (χ3n) is 3.23. The molecule has 2 rings (SSSR count). The summed E-state index contributed by atoms with van der Waals surface area (Å²) in [7, 11) is 0. The van der Waals surface area contributed by atoms with Gasteiger partial charge in [-0.15, -0.1) is 0 Å². The number of rotatable bonds is 3. The van der Waals surface area contributed by atoms with Gasteiger partial charge in [0.2, 0.25) is 5.91 Å². The number of allylic oxidation sites excluding steroid dienone is 1. The number of hydrogen-bond donors (Lipinski definition) is 1. The lowest BCUT2D eigenvalue weighted by Gasteiger charge is -2.15. The zero-order valence-corrected chi connectivity index (χ0v) is 13.7. The second-order valence-electron chi connectivity index (χ2n) is 5.15. The summed E-state index contributed by atoms with van der Waals surface area (Å²) < 4.78 is 38.0. The van der Waals surface area contributed by atoms with Crippen molar-refractivity contribution in [3.63, 3.8) is 0 Å². The Balaban J connectivity index is 2.00. The van der Waals surface area contributed by atoms with Gasteiger partial charge in [-0.05, 0) is 30.7 Å². The number of dihydropyridines is 1. The minimum atomic E-state index is -4.50. The summed E-state index contributed by atoms with van der Waals surface area (Å²) in [6, 6.07) is 6.25. The highest BCUT2D eigenvalue weighted by molar-refractivity contribution is 8.14. The number of hydrogen-bond acceptors (Lipinski definition) is 4. The van der Waals surface area contributed by atoms with Gasteiger partial charge in [0.05, 0.1) is 22.4 Å². The Bertz CT molecular complexity index is 810. The maximum absolute atomic E-state index is 12.7. The van der Waals surface area contributed by atoms with Crippen LogP contribution in [0.5, 0.6) is 0 Å². The Morgan fingerprint density at radius 1 is 1.44 bits per heavy atom. The Hall–Kier alpha value is -2.60. The normalized spacial score (nSPS) is 17.4. The molecule has 1 heterocycles. The topological polar surface area (TPSA) is 82.3 Å². The first kappa shape index (κ1) is 18.7. The van der Waals surface area contributed by atoms with Gasteiger partial charge in [-0.1, -0.05) is 17.8 Å². The van der Waals surface area contributed by atoms with Crippen molar-refractivity contribution in [3.8, 4) is 6.07 Å². The second-order valence-corrected chi connectivity index (χ2v) is 6.15. The van der Waals surface area contributed by atoms with Crippen molar-refractivity contribution in [3.05, 3.63) is 41.5 Å². The van der Waals surface area contributed by atoms with Crippen LogP contribution in [-0.4, -0.2) is 22.6 Å². The predicted molar refractivity (Wildman–Crippen MR) is 87.8 cm³/mol. The molecule has 0 aromatic heterocycles. The highest BCUT2D eigenvalue weighted by Gasteiger charge is 2.30. The number of amides is 2. The van der Waals surface area contributed by atoms with E-state index in [-0.39, 0.29) is 16.5 Å². The summed E-state index contributed by atoms with van der Waals surface area (Å²) in [6.45, 7) is 1.61. The molecule has 1 aromatic carbocycles. The summed E-state index contributed by atoms with van der Waals surface area (Å²) in [5.41, 5.74) is -0.330. The molecule has 0 saturated carbocycles. The number of aliphatic imine (C=N–C) groups is 1. The van der Waals surface area contributed by atoms with Crippen molar-refractivity contribution in [2.45, 2.75) is 13.1 Å². The van der Waals surface area contributed by atoms with Gasteiger partial charge in [0, 0.05) is 11.8 Å². The van der Waals surface area contributed by atoms with Crippen LogP contribution in [0, 0.1) is 17.2 Å². The number of nitrogens with one attached hydrogen (secondary N) is 1. The fraction of sp³-hybridized carbons (Fsp3) is 0.250. The number of nitriles is 1. The first-order valence-electron chi connectivity index (χ1n) is 7.01. The molecule has 25 heavy (non-hydrogen) atoms. The highest BCUT2D eigenvalue weighted by atomic mass is 32.2. The zero-order chi connectivity index (χ0) is 18.6. The number of thioether (sulfide) groups is 1. The first-order valence-corrected chi connectivity index (χ1v) is 7.99. The minimum absolute atomic E-state index is 0.00925. The molecule has 1 atom stereocenters. The predicted octanol–water partition coefficient (Wildman–Crippen LogP) is 3.40. The molecule has 0 fully saturated rings. The SMILES string of the molecule is CC1=CC(=O)N=C(SCC(=O)Nc2cccc(C(F)(F)F)c2)C1C#N. The monoisotopic (exact) mass is 367 g/mol. The summed E-state index contributed by atoms with van der Waals surface area (Å²) in [5, 5.41) is 11.7. The van der Waals surface area contributed by atoms with Crippen LogP contribution >= 0.6 is 11.8 Å². The van der Waals surface area contributed by atoms with Gasteiger partial charge >= 0.3 is 6.18 Å². The first-order chi connectivity index (χ1) is 11.7. The van der Waals surface area contributed by atoms with Crippen molar-refractivity contribution in [2.75, 3.05) is 11.1 Å². The molecule has 1 aliphatic rings. The average Bonchev–Trinajstić information content (AvgIpc) is 2.52. The molecule has 5 nitrogen and oxygen atoms in total. The van der Waals surface area contributed by atoms with Gasteiger partial charge in [-0.3, -0.25) is 9.59 Å². The van der Waals surface area contributed by atoms with Crippen molar-refractivity contribution in [1.82, 2.24) is 0 Å². The number of nitrogens with zero attached hydrogens (tertiary/aromatic N) is 2. The number of anilines is 1. The molecule has 0 radical (unpaired) electrons. The fourth-order valence-corrected chi connectivity index (χ4v) is 2.97. The third-order valence-corrected chi connectivity index (χ3v) is 4.26. The van der Waals surface area contributed by atoms with Crippen LogP contribution in [0.4, 0.5) is 18.9 Å². The van der Waals surface area contributed by atoms with Crippen molar-refractivity contribution in [2.24, 2.45) is 10.9 Å². The van der Waals surface area contributed by atoms with E-state index >= 15 is 0 Å². The Morgan fingerprint density at radius 2 is 2.16 bits per heavy atom. The molecule has 0 saturated heterocycles. The zero-order valence-electron chi connectivity index (χ0n) is 12.9. The number of halogens is 3. The van der Waals surface area contributed by atoms with E-state index in [1.54, 1.807) is 6.92 Å². The van der Waals surface area contributed by atoms with E-state index in [1.165, 1.54) is 18.2 Å². The maximum atomic E-state index is 12.7. The van der Waals surface area contributed by atoms with E-state index in [0.29, 0.717) is 5.57 Å². The highest BCUT2D eigenvalue weighted by Crippen LogP contribution is 2.30. The van der Waals surface area contributed by atoms with E-state index in [2.05, 4.69) is 10.3 Å². The molecule has 2 amide bonds. The molecule has 1 aromatic rings. The molecular weight excluding hydrogens is 355 g/mol. The molecule has 0 bridgehead atoms. The summed E-state index contributed by atoms with van der Waals surface area (Å²) in [6.07, 6.45) is -3.25. The summed E-state index contributed by atoms with van der Waals surface area (Å²) in [5.74, 6) is -1.97. The van der Waals surface area contributed by atoms with Crippen LogP contribution in [0.25, 0.3) is 0 Å². The van der Waals surface area contributed by atoms with Gasteiger partial charge in [0.25, 0.3) is 5.91 Å². The van der Waals surface area contributed by atoms with Gasteiger partial charge in [-0.2, -0.15) is 18.4 Å². The van der Waals surface area contributed by atoms with E-state index in [0.717, 1.165) is 23.9 Å². The summed E-state index contributed by atoms with van der Waals surface area (Å²) in [4.78, 5) is 27.1. The van der Waals surface area contributed by atoms with E-state index in [4.69, 9.17) is 5.26 Å². The Labute approximate surface area is 145 Å². The molecule has 1 aliphatic heterocycles. The van der Waals surface area contributed by atoms with Gasteiger partial charge in [-0.25, -0.2) is 4.99 Å². The lowest BCUT2D eigenvalue weighted by atomic mass is 10.0. The van der Waals surface area contributed by atoms with E-state index in [9.17, 15) is 22.8 Å². The van der Waals surface area contributed by atoms with Gasteiger partial charge < -0.3 is 5.32 Å². The molecular formula is C16H12F3N3O2S. The smallest absolute Gasteiger partial charge is 0.325 e. The van der Waals surface area contributed by atoms with Crippen LogP contribution in [-0.2, 0) is 15.8 Å². The molecule has 0 aliphatic carbocycles. The van der Waals surface area contributed by atoms with Crippen LogP contribution in [0.3, 0.4) is 0 Å². The molecule has 130 valence electrons. The largest absolute Gasteiger partial charge is 0.416 e. The molecule has 1 N–H and O–H groups in total. The summed E-state index contributed by atoms with van der Waals surface area (Å²) >= 11 is 0.906. The Morgan fingerprint density at radius 3 is 2.80 bits per heavy atom. The van der Waals surface area contributed by atoms with Gasteiger partial charge in [0.1, 0.15) is 5.92 Å². The van der Waals surface area contributed by atoms with Crippen LogP contribution in [0.2, 0.25) is 0 Å². The molecule has 0 spiro atoms. The second kappa shape index (κ2) is 7.53. The lowest BCUT2D eigenvalue weighted by molar-refractivity contribution is -0.137. The lowest BCUT2D eigenvalue weighted by Crippen LogP contribution is -2.21. The van der Waals surface area contributed by atoms with E-state index in [1.807, 2.05) is 6.07 Å². The number of carbonyl (C=O) groups is 2. The van der Waals surface area contributed by atoms with Gasteiger partial charge in [0.15, 0.2) is 0 Å². The number of benzene rings is 1. The van der Waals surface area contributed by atoms with Crippen LogP contribution in [0.15, 0.2) is 40.9 Å². The molecule has 1 unspecified atom stereocenters. The quantitative estimate of drug-likeness (QED) is 0.888. The van der Waals surface area contributed by atoms with E-state index < -0.39 is 29.5 Å². The Kier molecular flexibility index (Phi) is 5.64.